The lowest BCUT2D eigenvalue weighted by atomic mass is 10.1. The topological polar surface area (TPSA) is 39.6 Å². The number of aromatic nitrogens is 1. The van der Waals surface area contributed by atoms with E-state index in [-0.39, 0.29) is 12.4 Å². The van der Waals surface area contributed by atoms with Gasteiger partial charge in [0, 0.05) is 37.4 Å². The van der Waals surface area contributed by atoms with Gasteiger partial charge < -0.3 is 10.0 Å². The first-order valence-corrected chi connectivity index (χ1v) is 6.36. The van der Waals surface area contributed by atoms with Crippen LogP contribution in [0, 0.1) is 5.82 Å². The molecule has 1 aliphatic heterocycles. The first-order chi connectivity index (χ1) is 8.67. The maximum Gasteiger partial charge on any atom is 0.171 e. The number of aliphatic hydroxyl groups is 1. The first-order valence-electron chi connectivity index (χ1n) is 6.36. The number of pyridine rings is 1. The van der Waals surface area contributed by atoms with Crippen molar-refractivity contribution in [2.75, 3.05) is 31.6 Å². The van der Waals surface area contributed by atoms with Gasteiger partial charge in [-0.2, -0.15) is 0 Å². The number of nitrogens with zero attached hydrogens (tertiary/aromatic N) is 3. The second-order valence-electron chi connectivity index (χ2n) is 4.75. The Morgan fingerprint density at radius 2 is 2.28 bits per heavy atom. The van der Waals surface area contributed by atoms with Crippen molar-refractivity contribution in [2.45, 2.75) is 26.0 Å². The predicted octanol–water partition coefficient (Wildman–Crippen LogP) is 1.24. The molecule has 1 aromatic heterocycles. The van der Waals surface area contributed by atoms with Gasteiger partial charge in [0.05, 0.1) is 6.61 Å². The number of rotatable bonds is 3. The number of halogens is 1. The molecular formula is C13H20FN3O. The molecule has 1 N–H and O–H groups in total. The molecule has 0 radical (unpaired) electrons. The molecule has 100 valence electrons. The molecule has 18 heavy (non-hydrogen) atoms. The zero-order valence-corrected chi connectivity index (χ0v) is 10.9. The van der Waals surface area contributed by atoms with Gasteiger partial charge in [0.15, 0.2) is 11.6 Å². The Kier molecular flexibility index (Phi) is 4.14. The summed E-state index contributed by atoms with van der Waals surface area (Å²) in [6.07, 6.45) is 2.59. The summed E-state index contributed by atoms with van der Waals surface area (Å²) in [4.78, 5) is 8.40. The summed E-state index contributed by atoms with van der Waals surface area (Å²) in [5, 5.41) is 9.09. The molecule has 0 aromatic carbocycles. The molecule has 5 heteroatoms. The third-order valence-corrected chi connectivity index (χ3v) is 3.67. The molecule has 1 aliphatic rings. The maximum absolute atomic E-state index is 14.1. The third-order valence-electron chi connectivity index (χ3n) is 3.67. The fraction of sp³-hybridized carbons (Fsp3) is 0.615. The number of hydrogen-bond acceptors (Lipinski definition) is 4. The molecule has 2 heterocycles. The van der Waals surface area contributed by atoms with Crippen molar-refractivity contribution in [1.29, 1.82) is 0 Å². The lowest BCUT2D eigenvalue weighted by Crippen LogP contribution is -2.51. The Bertz CT molecular complexity index is 413. The van der Waals surface area contributed by atoms with E-state index in [0.29, 0.717) is 17.4 Å². The van der Waals surface area contributed by atoms with Gasteiger partial charge in [-0.15, -0.1) is 0 Å². The summed E-state index contributed by atoms with van der Waals surface area (Å²) in [7, 11) is 2.10. The minimum absolute atomic E-state index is 0.285. The first kappa shape index (κ1) is 13.2. The standard InChI is InChI=1S/C13H20FN3O/c1-3-11-8-17(7-6-16(11)2)13-12(14)10(9-18)4-5-15-13/h4-5,11,18H,3,6-9H2,1-2H3. The second-order valence-corrected chi connectivity index (χ2v) is 4.75. The number of piperazine rings is 1. The smallest absolute Gasteiger partial charge is 0.171 e. The highest BCUT2D eigenvalue weighted by Gasteiger charge is 2.25. The number of hydrogen-bond donors (Lipinski definition) is 1. The van der Waals surface area contributed by atoms with E-state index in [4.69, 9.17) is 5.11 Å². The molecule has 1 unspecified atom stereocenters. The Morgan fingerprint density at radius 1 is 1.50 bits per heavy atom. The molecule has 1 fully saturated rings. The van der Waals surface area contributed by atoms with E-state index in [0.717, 1.165) is 26.1 Å². The maximum atomic E-state index is 14.1. The van der Waals surface area contributed by atoms with Crippen molar-refractivity contribution in [3.63, 3.8) is 0 Å². The molecule has 1 aromatic rings. The van der Waals surface area contributed by atoms with Crippen LogP contribution in [0.2, 0.25) is 0 Å². The highest BCUT2D eigenvalue weighted by Crippen LogP contribution is 2.22. The van der Waals surface area contributed by atoms with Gasteiger partial charge in [0.1, 0.15) is 0 Å². The quantitative estimate of drug-likeness (QED) is 0.880. The summed E-state index contributed by atoms with van der Waals surface area (Å²) >= 11 is 0. The van der Waals surface area contributed by atoms with E-state index >= 15 is 0 Å². The van der Waals surface area contributed by atoms with Crippen LogP contribution in [0.3, 0.4) is 0 Å². The molecule has 0 bridgehead atoms. The summed E-state index contributed by atoms with van der Waals surface area (Å²) in [5.74, 6) is -0.0208. The number of likely N-dealkylation sites (N-methyl/N-ethyl adjacent to an activating group) is 1. The van der Waals surface area contributed by atoms with Crippen molar-refractivity contribution in [3.8, 4) is 0 Å². The Labute approximate surface area is 107 Å². The highest BCUT2D eigenvalue weighted by atomic mass is 19.1. The van der Waals surface area contributed by atoms with Crippen LogP contribution < -0.4 is 4.90 Å². The van der Waals surface area contributed by atoms with E-state index in [2.05, 4.69) is 23.9 Å². The van der Waals surface area contributed by atoms with Crippen molar-refractivity contribution >= 4 is 5.82 Å². The van der Waals surface area contributed by atoms with Crippen LogP contribution in [0.25, 0.3) is 0 Å². The zero-order valence-electron chi connectivity index (χ0n) is 10.9. The number of anilines is 1. The largest absolute Gasteiger partial charge is 0.392 e. The molecule has 1 saturated heterocycles. The van der Waals surface area contributed by atoms with Gasteiger partial charge >= 0.3 is 0 Å². The molecule has 0 spiro atoms. The fourth-order valence-electron chi connectivity index (χ4n) is 2.39. The minimum atomic E-state index is -0.389. The third kappa shape index (κ3) is 2.47. The summed E-state index contributed by atoms with van der Waals surface area (Å²) in [6.45, 7) is 4.31. The van der Waals surface area contributed by atoms with E-state index in [1.165, 1.54) is 6.07 Å². The van der Waals surface area contributed by atoms with Crippen LogP contribution in [0.4, 0.5) is 10.2 Å². The molecule has 2 rings (SSSR count). The Hall–Kier alpha value is -1.20. The molecule has 0 amide bonds. The van der Waals surface area contributed by atoms with Gasteiger partial charge in [-0.3, -0.25) is 4.90 Å². The average molecular weight is 253 g/mol. The summed E-state index contributed by atoms with van der Waals surface area (Å²) < 4.78 is 14.1. The van der Waals surface area contributed by atoms with Crippen molar-refractivity contribution in [2.24, 2.45) is 0 Å². The van der Waals surface area contributed by atoms with Gasteiger partial charge in [0.25, 0.3) is 0 Å². The second kappa shape index (κ2) is 5.63. The van der Waals surface area contributed by atoms with Gasteiger partial charge in [-0.1, -0.05) is 6.92 Å². The van der Waals surface area contributed by atoms with E-state index in [1.807, 2.05) is 4.90 Å². The fourth-order valence-corrected chi connectivity index (χ4v) is 2.39. The molecule has 4 nitrogen and oxygen atoms in total. The van der Waals surface area contributed by atoms with Gasteiger partial charge in [0.2, 0.25) is 0 Å². The zero-order chi connectivity index (χ0) is 13.1. The normalized spacial score (nSPS) is 21.3. The van der Waals surface area contributed by atoms with Crippen LogP contribution in [0.1, 0.15) is 18.9 Å². The van der Waals surface area contributed by atoms with Gasteiger partial charge in [-0.25, -0.2) is 9.37 Å². The Morgan fingerprint density at radius 3 is 2.94 bits per heavy atom. The van der Waals surface area contributed by atoms with Crippen LogP contribution in [-0.2, 0) is 6.61 Å². The molecule has 1 atom stereocenters. The molecular weight excluding hydrogens is 233 g/mol. The highest BCUT2D eigenvalue weighted by molar-refractivity contribution is 5.43. The molecule has 0 saturated carbocycles. The van der Waals surface area contributed by atoms with Crippen LogP contribution >= 0.6 is 0 Å². The van der Waals surface area contributed by atoms with Crippen molar-refractivity contribution in [1.82, 2.24) is 9.88 Å². The Balaban J connectivity index is 2.21. The summed E-state index contributed by atoms with van der Waals surface area (Å²) in [5.41, 5.74) is 0.312. The van der Waals surface area contributed by atoms with Gasteiger partial charge in [-0.05, 0) is 19.5 Å². The summed E-state index contributed by atoms with van der Waals surface area (Å²) in [6, 6.07) is 1.95. The lowest BCUT2D eigenvalue weighted by molar-refractivity contribution is 0.212. The van der Waals surface area contributed by atoms with Crippen LogP contribution in [-0.4, -0.2) is 47.7 Å². The molecule has 0 aliphatic carbocycles. The average Bonchev–Trinajstić information content (AvgIpc) is 2.40. The predicted molar refractivity (Wildman–Crippen MR) is 69.0 cm³/mol. The van der Waals surface area contributed by atoms with Crippen LogP contribution in [0.5, 0.6) is 0 Å². The van der Waals surface area contributed by atoms with E-state index < -0.39 is 0 Å². The van der Waals surface area contributed by atoms with Crippen LogP contribution in [0.15, 0.2) is 12.3 Å². The van der Waals surface area contributed by atoms with E-state index in [9.17, 15) is 4.39 Å². The number of aliphatic hydroxyl groups excluding tert-OH is 1. The SMILES string of the molecule is CCC1CN(c2nccc(CO)c2F)CCN1C. The lowest BCUT2D eigenvalue weighted by Gasteiger charge is -2.39. The van der Waals surface area contributed by atoms with Crippen molar-refractivity contribution < 1.29 is 9.50 Å². The van der Waals surface area contributed by atoms with E-state index in [1.54, 1.807) is 6.20 Å². The monoisotopic (exact) mass is 253 g/mol. The van der Waals surface area contributed by atoms with Crippen molar-refractivity contribution in [3.05, 3.63) is 23.6 Å². The minimum Gasteiger partial charge on any atom is -0.392 e.